The second-order valence-corrected chi connectivity index (χ2v) is 6.66. The Morgan fingerprint density at radius 3 is 2.91 bits per heavy atom. The zero-order valence-electron chi connectivity index (χ0n) is 12.4. The van der Waals surface area contributed by atoms with Crippen LogP contribution in [0.15, 0.2) is 30.3 Å². The lowest BCUT2D eigenvalue weighted by molar-refractivity contribution is -0.384. The van der Waals surface area contributed by atoms with E-state index in [9.17, 15) is 14.9 Å². The molecule has 0 saturated heterocycles. The lowest BCUT2D eigenvalue weighted by Gasteiger charge is -2.08. The monoisotopic (exact) mass is 320 g/mol. The summed E-state index contributed by atoms with van der Waals surface area (Å²) >= 11 is 1.93. The van der Waals surface area contributed by atoms with Gasteiger partial charge in [0.15, 0.2) is 0 Å². The maximum Gasteiger partial charge on any atom is 0.270 e. The second-order valence-electron chi connectivity index (χ2n) is 5.25. The summed E-state index contributed by atoms with van der Waals surface area (Å²) < 4.78 is 0. The standard InChI is InChI=1S/C16H20N2O3S/c19-16(17-10-11-22-15-6-1-2-7-15)9-8-13-4-3-5-14(12-13)18(20)21/h3-5,8-9,12,15H,1-2,6-7,10-11H2,(H,17,19)/b9-8+. The van der Waals surface area contributed by atoms with Crippen molar-refractivity contribution < 1.29 is 9.72 Å². The predicted octanol–water partition coefficient (Wildman–Crippen LogP) is 3.40. The molecular formula is C16H20N2O3S. The van der Waals surface area contributed by atoms with Crippen LogP contribution in [0.5, 0.6) is 0 Å². The number of nitrogens with one attached hydrogen (secondary N) is 1. The number of amides is 1. The lowest BCUT2D eigenvalue weighted by atomic mass is 10.2. The molecule has 1 saturated carbocycles. The average Bonchev–Trinajstić information content (AvgIpc) is 3.03. The molecule has 5 nitrogen and oxygen atoms in total. The van der Waals surface area contributed by atoms with Crippen molar-refractivity contribution in [2.24, 2.45) is 0 Å². The van der Waals surface area contributed by atoms with Crippen molar-refractivity contribution in [3.63, 3.8) is 0 Å². The first-order valence-corrected chi connectivity index (χ1v) is 8.52. The van der Waals surface area contributed by atoms with Gasteiger partial charge in [0.25, 0.3) is 5.69 Å². The van der Waals surface area contributed by atoms with Gasteiger partial charge in [-0.25, -0.2) is 0 Å². The highest BCUT2D eigenvalue weighted by molar-refractivity contribution is 7.99. The van der Waals surface area contributed by atoms with Crippen molar-refractivity contribution in [2.45, 2.75) is 30.9 Å². The van der Waals surface area contributed by atoms with Crippen LogP contribution in [0.25, 0.3) is 6.08 Å². The minimum atomic E-state index is -0.447. The molecule has 0 bridgehead atoms. The Morgan fingerprint density at radius 1 is 1.41 bits per heavy atom. The molecule has 6 heteroatoms. The maximum absolute atomic E-state index is 11.7. The third kappa shape index (κ3) is 5.52. The molecule has 1 aliphatic rings. The van der Waals surface area contributed by atoms with Gasteiger partial charge in [0.1, 0.15) is 0 Å². The van der Waals surface area contributed by atoms with Crippen molar-refractivity contribution in [3.8, 4) is 0 Å². The molecule has 0 atom stereocenters. The van der Waals surface area contributed by atoms with Crippen LogP contribution in [-0.4, -0.2) is 28.4 Å². The molecule has 1 fully saturated rings. The van der Waals surface area contributed by atoms with Gasteiger partial charge in [0, 0.05) is 35.8 Å². The molecule has 0 heterocycles. The van der Waals surface area contributed by atoms with Crippen LogP contribution < -0.4 is 5.32 Å². The molecule has 1 aliphatic carbocycles. The van der Waals surface area contributed by atoms with Gasteiger partial charge in [-0.3, -0.25) is 14.9 Å². The fraction of sp³-hybridized carbons (Fsp3) is 0.438. The van der Waals surface area contributed by atoms with E-state index >= 15 is 0 Å². The summed E-state index contributed by atoms with van der Waals surface area (Å²) in [4.78, 5) is 21.9. The van der Waals surface area contributed by atoms with E-state index in [4.69, 9.17) is 0 Å². The van der Waals surface area contributed by atoms with Crippen molar-refractivity contribution in [1.29, 1.82) is 0 Å². The minimum Gasteiger partial charge on any atom is -0.352 e. The number of nitro benzene ring substituents is 1. The number of hydrogen-bond acceptors (Lipinski definition) is 4. The molecule has 1 aromatic rings. The normalized spacial score (nSPS) is 15.3. The largest absolute Gasteiger partial charge is 0.352 e. The number of nitro groups is 1. The highest BCUT2D eigenvalue weighted by Crippen LogP contribution is 2.28. The second kappa shape index (κ2) is 8.58. The van der Waals surface area contributed by atoms with E-state index < -0.39 is 4.92 Å². The van der Waals surface area contributed by atoms with E-state index in [0.717, 1.165) is 11.0 Å². The minimum absolute atomic E-state index is 0.0236. The smallest absolute Gasteiger partial charge is 0.270 e. The van der Waals surface area contributed by atoms with Crippen molar-refractivity contribution in [1.82, 2.24) is 5.32 Å². The SMILES string of the molecule is O=C(/C=C/c1cccc([N+](=O)[O-])c1)NCCSC1CCCC1. The molecule has 0 aromatic heterocycles. The number of carbonyl (C=O) groups excluding carboxylic acids is 1. The molecule has 0 aliphatic heterocycles. The lowest BCUT2D eigenvalue weighted by Crippen LogP contribution is -2.24. The number of carbonyl (C=O) groups is 1. The average molecular weight is 320 g/mol. The summed E-state index contributed by atoms with van der Waals surface area (Å²) in [6.07, 6.45) is 8.26. The van der Waals surface area contributed by atoms with Gasteiger partial charge < -0.3 is 5.32 Å². The number of nitrogens with zero attached hydrogens (tertiary/aromatic N) is 1. The van der Waals surface area contributed by atoms with Crippen molar-refractivity contribution in [3.05, 3.63) is 46.0 Å². The summed E-state index contributed by atoms with van der Waals surface area (Å²) in [5, 5.41) is 14.3. The maximum atomic E-state index is 11.7. The Labute approximate surface area is 134 Å². The molecule has 2 rings (SSSR count). The van der Waals surface area contributed by atoms with Crippen LogP contribution in [0.3, 0.4) is 0 Å². The third-order valence-corrected chi connectivity index (χ3v) is 4.95. The summed E-state index contributed by atoms with van der Waals surface area (Å²) in [7, 11) is 0. The highest BCUT2D eigenvalue weighted by atomic mass is 32.2. The van der Waals surface area contributed by atoms with Crippen LogP contribution in [0.1, 0.15) is 31.2 Å². The van der Waals surface area contributed by atoms with Gasteiger partial charge in [0.05, 0.1) is 4.92 Å². The fourth-order valence-electron chi connectivity index (χ4n) is 2.43. The summed E-state index contributed by atoms with van der Waals surface area (Å²) in [5.41, 5.74) is 0.667. The van der Waals surface area contributed by atoms with Crippen LogP contribution in [0, 0.1) is 10.1 Å². The zero-order valence-corrected chi connectivity index (χ0v) is 13.2. The Morgan fingerprint density at radius 2 is 2.18 bits per heavy atom. The molecule has 1 N–H and O–H groups in total. The van der Waals surface area contributed by atoms with Gasteiger partial charge in [-0.15, -0.1) is 0 Å². The molecule has 22 heavy (non-hydrogen) atoms. The van der Waals surface area contributed by atoms with Gasteiger partial charge in [-0.2, -0.15) is 11.8 Å². The number of non-ortho nitro benzene ring substituents is 1. The summed E-state index contributed by atoms with van der Waals surface area (Å²) in [5.74, 6) is 0.764. The zero-order chi connectivity index (χ0) is 15.8. The Hall–Kier alpha value is -1.82. The van der Waals surface area contributed by atoms with E-state index in [1.54, 1.807) is 18.2 Å². The molecule has 0 radical (unpaired) electrons. The van der Waals surface area contributed by atoms with E-state index in [2.05, 4.69) is 5.32 Å². The first-order chi connectivity index (χ1) is 10.6. The van der Waals surface area contributed by atoms with E-state index in [-0.39, 0.29) is 11.6 Å². The number of hydrogen-bond donors (Lipinski definition) is 1. The van der Waals surface area contributed by atoms with Crippen molar-refractivity contribution >= 4 is 29.4 Å². The molecule has 1 aromatic carbocycles. The topological polar surface area (TPSA) is 72.2 Å². The van der Waals surface area contributed by atoms with Gasteiger partial charge >= 0.3 is 0 Å². The van der Waals surface area contributed by atoms with Crippen LogP contribution >= 0.6 is 11.8 Å². The van der Waals surface area contributed by atoms with Gasteiger partial charge in [0.2, 0.25) is 5.91 Å². The fourth-order valence-corrected chi connectivity index (χ4v) is 3.65. The molecule has 1 amide bonds. The molecule has 0 unspecified atom stereocenters. The number of benzene rings is 1. The third-order valence-electron chi connectivity index (χ3n) is 3.57. The van der Waals surface area contributed by atoms with Crippen LogP contribution in [-0.2, 0) is 4.79 Å². The molecule has 0 spiro atoms. The number of rotatable bonds is 7. The molecular weight excluding hydrogens is 300 g/mol. The highest BCUT2D eigenvalue weighted by Gasteiger charge is 2.14. The van der Waals surface area contributed by atoms with Crippen LogP contribution in [0.2, 0.25) is 0 Å². The van der Waals surface area contributed by atoms with E-state index in [1.807, 2.05) is 11.8 Å². The van der Waals surface area contributed by atoms with Crippen molar-refractivity contribution in [2.75, 3.05) is 12.3 Å². The first-order valence-electron chi connectivity index (χ1n) is 7.47. The summed E-state index contributed by atoms with van der Waals surface area (Å²) in [6, 6.07) is 6.21. The summed E-state index contributed by atoms with van der Waals surface area (Å²) in [6.45, 7) is 0.652. The Bertz CT molecular complexity index is 554. The van der Waals surface area contributed by atoms with E-state index in [1.165, 1.54) is 43.9 Å². The Balaban J connectivity index is 1.71. The van der Waals surface area contributed by atoms with Crippen LogP contribution in [0.4, 0.5) is 5.69 Å². The first kappa shape index (κ1) is 16.5. The predicted molar refractivity (Wildman–Crippen MR) is 89.9 cm³/mol. The van der Waals surface area contributed by atoms with Gasteiger partial charge in [-0.1, -0.05) is 25.0 Å². The van der Waals surface area contributed by atoms with Gasteiger partial charge in [-0.05, 0) is 24.5 Å². The quantitative estimate of drug-likeness (QED) is 0.362. The molecule has 118 valence electrons. The van der Waals surface area contributed by atoms with E-state index in [0.29, 0.717) is 12.1 Å². The number of thioether (sulfide) groups is 1. The Kier molecular flexibility index (Phi) is 6.45.